The van der Waals surface area contributed by atoms with E-state index < -0.39 is 5.97 Å². The molecule has 0 atom stereocenters. The number of rotatable bonds is 3. The lowest BCUT2D eigenvalue weighted by Crippen LogP contribution is -2.08. The van der Waals surface area contributed by atoms with Gasteiger partial charge in [-0.1, -0.05) is 60.7 Å². The van der Waals surface area contributed by atoms with E-state index in [2.05, 4.69) is 0 Å². The van der Waals surface area contributed by atoms with Crippen LogP contribution in [0.15, 0.2) is 78.9 Å². The smallest absolute Gasteiger partial charge is 0.347 e. The molecule has 108 valence electrons. The maximum Gasteiger partial charge on any atom is 0.347 e. The highest BCUT2D eigenvalue weighted by molar-refractivity contribution is 5.96. The van der Waals surface area contributed by atoms with Crippen molar-refractivity contribution in [3.63, 3.8) is 0 Å². The minimum Gasteiger partial charge on any atom is -0.506 e. The Labute approximate surface area is 128 Å². The van der Waals surface area contributed by atoms with Crippen molar-refractivity contribution in [1.82, 2.24) is 0 Å². The third kappa shape index (κ3) is 2.83. The summed E-state index contributed by atoms with van der Waals surface area (Å²) < 4.78 is 5.27. The van der Waals surface area contributed by atoms with Gasteiger partial charge in [0.2, 0.25) is 0 Å². The summed E-state index contributed by atoms with van der Waals surface area (Å²) >= 11 is 0. The fourth-order valence-electron chi connectivity index (χ4n) is 2.21. The second kappa shape index (κ2) is 6.14. The van der Waals surface area contributed by atoms with Crippen molar-refractivity contribution in [3.05, 3.63) is 84.4 Å². The largest absolute Gasteiger partial charge is 0.506 e. The number of carbonyl (C=O) groups excluding carboxylic acids is 1. The minimum absolute atomic E-state index is 0.0744. The fraction of sp³-hybridized carbons (Fsp3) is 0. The van der Waals surface area contributed by atoms with Gasteiger partial charge in [0.25, 0.3) is 0 Å². The van der Waals surface area contributed by atoms with E-state index >= 15 is 0 Å². The first kappa shape index (κ1) is 13.9. The van der Waals surface area contributed by atoms with Crippen LogP contribution in [0.3, 0.4) is 0 Å². The Kier molecular flexibility index (Phi) is 3.88. The predicted molar refractivity (Wildman–Crippen MR) is 84.9 cm³/mol. The highest BCUT2D eigenvalue weighted by Crippen LogP contribution is 2.32. The van der Waals surface area contributed by atoms with Gasteiger partial charge < -0.3 is 9.84 Å². The molecule has 0 saturated heterocycles. The van der Waals surface area contributed by atoms with Gasteiger partial charge >= 0.3 is 5.97 Å². The maximum atomic E-state index is 12.2. The molecular formula is C19H14O3. The molecule has 0 radical (unpaired) electrons. The Morgan fingerprint density at radius 3 is 2.09 bits per heavy atom. The molecule has 0 amide bonds. The van der Waals surface area contributed by atoms with Gasteiger partial charge in [-0.15, -0.1) is 0 Å². The summed E-state index contributed by atoms with van der Waals surface area (Å²) in [4.78, 5) is 12.2. The number of esters is 1. The molecule has 0 unspecified atom stereocenters. The lowest BCUT2D eigenvalue weighted by molar-refractivity contribution is 0.0732. The molecule has 0 aliphatic carbocycles. The molecule has 3 aromatic carbocycles. The maximum absolute atomic E-state index is 12.2. The highest BCUT2D eigenvalue weighted by Gasteiger charge is 2.17. The SMILES string of the molecule is O=C(Oc1ccccc1)c1cccc(-c2ccccc2)c1O. The van der Waals surface area contributed by atoms with Crippen molar-refractivity contribution in [2.24, 2.45) is 0 Å². The molecule has 1 N–H and O–H groups in total. The number of phenols is 1. The van der Waals surface area contributed by atoms with Crippen molar-refractivity contribution < 1.29 is 14.6 Å². The summed E-state index contributed by atoms with van der Waals surface area (Å²) in [5.41, 5.74) is 1.59. The molecule has 0 heterocycles. The van der Waals surface area contributed by atoms with Crippen LogP contribution in [0.2, 0.25) is 0 Å². The molecule has 0 saturated carbocycles. The molecule has 0 spiro atoms. The normalized spacial score (nSPS) is 10.2. The van der Waals surface area contributed by atoms with Crippen LogP contribution in [0.4, 0.5) is 0 Å². The first-order valence-corrected chi connectivity index (χ1v) is 6.90. The zero-order valence-electron chi connectivity index (χ0n) is 11.8. The fourth-order valence-corrected chi connectivity index (χ4v) is 2.21. The van der Waals surface area contributed by atoms with Crippen molar-refractivity contribution >= 4 is 5.97 Å². The van der Waals surface area contributed by atoms with Gasteiger partial charge in [-0.25, -0.2) is 4.79 Å². The number of hydrogen-bond donors (Lipinski definition) is 1. The number of hydrogen-bond acceptors (Lipinski definition) is 3. The lowest BCUT2D eigenvalue weighted by Gasteiger charge is -2.10. The summed E-state index contributed by atoms with van der Waals surface area (Å²) in [5.74, 6) is -0.215. The molecule has 0 fully saturated rings. The molecule has 22 heavy (non-hydrogen) atoms. The monoisotopic (exact) mass is 290 g/mol. The van der Waals surface area contributed by atoms with Gasteiger partial charge in [-0.3, -0.25) is 0 Å². The van der Waals surface area contributed by atoms with Gasteiger partial charge in [-0.2, -0.15) is 0 Å². The zero-order chi connectivity index (χ0) is 15.4. The Bertz CT molecular complexity index is 780. The first-order valence-electron chi connectivity index (χ1n) is 6.90. The van der Waals surface area contributed by atoms with Crippen molar-refractivity contribution in [3.8, 4) is 22.6 Å². The van der Waals surface area contributed by atoms with E-state index in [9.17, 15) is 9.90 Å². The van der Waals surface area contributed by atoms with E-state index in [1.165, 1.54) is 0 Å². The first-order chi connectivity index (χ1) is 10.8. The summed E-state index contributed by atoms with van der Waals surface area (Å²) in [7, 11) is 0. The molecule has 0 aliphatic heterocycles. The molecule has 3 heteroatoms. The predicted octanol–water partition coefficient (Wildman–Crippen LogP) is 4.28. The molecule has 3 rings (SSSR count). The average Bonchev–Trinajstić information content (AvgIpc) is 2.56. The van der Waals surface area contributed by atoms with Crippen molar-refractivity contribution in [2.45, 2.75) is 0 Å². The second-order valence-electron chi connectivity index (χ2n) is 4.77. The van der Waals surface area contributed by atoms with E-state index in [0.717, 1.165) is 5.56 Å². The number of ether oxygens (including phenoxy) is 1. The Morgan fingerprint density at radius 1 is 0.773 bits per heavy atom. The van der Waals surface area contributed by atoms with Crippen LogP contribution in [0.25, 0.3) is 11.1 Å². The summed E-state index contributed by atoms with van der Waals surface area (Å²) in [6.45, 7) is 0. The van der Waals surface area contributed by atoms with Crippen LogP contribution in [-0.4, -0.2) is 11.1 Å². The average molecular weight is 290 g/mol. The zero-order valence-corrected chi connectivity index (χ0v) is 11.8. The lowest BCUT2D eigenvalue weighted by atomic mass is 10.0. The number of phenolic OH excluding ortho intramolecular Hbond substituents is 1. The van der Waals surface area contributed by atoms with Gasteiger partial charge in [0.05, 0.1) is 0 Å². The van der Waals surface area contributed by atoms with Gasteiger partial charge in [0, 0.05) is 5.56 Å². The van der Waals surface area contributed by atoms with Gasteiger partial charge in [0.15, 0.2) is 0 Å². The molecule has 0 bridgehead atoms. The highest BCUT2D eigenvalue weighted by atomic mass is 16.5. The molecule has 0 aliphatic rings. The minimum atomic E-state index is -0.582. The van der Waals surface area contributed by atoms with Crippen LogP contribution in [0.5, 0.6) is 11.5 Å². The van der Waals surface area contributed by atoms with E-state index in [1.807, 2.05) is 36.4 Å². The van der Waals surface area contributed by atoms with Crippen molar-refractivity contribution in [1.29, 1.82) is 0 Å². The molecule has 3 aromatic rings. The van der Waals surface area contributed by atoms with Crippen LogP contribution < -0.4 is 4.74 Å². The van der Waals surface area contributed by atoms with Gasteiger partial charge in [0.1, 0.15) is 17.1 Å². The number of aromatic hydroxyl groups is 1. The van der Waals surface area contributed by atoms with E-state index in [1.54, 1.807) is 42.5 Å². The third-order valence-corrected chi connectivity index (χ3v) is 3.29. The standard InChI is InChI=1S/C19H14O3/c20-18-16(14-8-3-1-4-9-14)12-7-13-17(18)19(21)22-15-10-5-2-6-11-15/h1-13,20H. The van der Waals surface area contributed by atoms with Crippen LogP contribution in [0.1, 0.15) is 10.4 Å². The van der Waals surface area contributed by atoms with Crippen LogP contribution in [0, 0.1) is 0 Å². The summed E-state index contributed by atoms with van der Waals surface area (Å²) in [6, 6.07) is 23.2. The third-order valence-electron chi connectivity index (χ3n) is 3.29. The van der Waals surface area contributed by atoms with Gasteiger partial charge in [-0.05, 0) is 23.8 Å². The summed E-state index contributed by atoms with van der Waals surface area (Å²) in [5, 5.41) is 10.4. The van der Waals surface area contributed by atoms with Crippen LogP contribution >= 0.6 is 0 Å². The number of para-hydroxylation sites is 2. The Balaban J connectivity index is 1.93. The Morgan fingerprint density at radius 2 is 1.41 bits per heavy atom. The quantitative estimate of drug-likeness (QED) is 0.578. The molecular weight excluding hydrogens is 276 g/mol. The Hall–Kier alpha value is -3.07. The molecule has 3 nitrogen and oxygen atoms in total. The second-order valence-corrected chi connectivity index (χ2v) is 4.77. The molecule has 0 aromatic heterocycles. The van der Waals surface area contributed by atoms with Crippen molar-refractivity contribution in [2.75, 3.05) is 0 Å². The van der Waals surface area contributed by atoms with E-state index in [-0.39, 0.29) is 11.3 Å². The number of benzene rings is 3. The van der Waals surface area contributed by atoms with E-state index in [4.69, 9.17) is 4.74 Å². The number of carbonyl (C=O) groups is 1. The van der Waals surface area contributed by atoms with E-state index in [0.29, 0.717) is 11.3 Å². The summed E-state index contributed by atoms with van der Waals surface area (Å²) in [6.07, 6.45) is 0. The van der Waals surface area contributed by atoms with Crippen LogP contribution in [-0.2, 0) is 0 Å². The topological polar surface area (TPSA) is 46.5 Å².